The van der Waals surface area contributed by atoms with Gasteiger partial charge in [-0.2, -0.15) is 18.2 Å². The fourth-order valence-corrected chi connectivity index (χ4v) is 3.78. The van der Waals surface area contributed by atoms with Gasteiger partial charge in [-0.15, -0.1) is 0 Å². The zero-order valence-electron chi connectivity index (χ0n) is 16.1. The highest BCUT2D eigenvalue weighted by atomic mass is 19.4. The third-order valence-electron chi connectivity index (χ3n) is 5.31. The summed E-state index contributed by atoms with van der Waals surface area (Å²) in [6.07, 6.45) is -3.12. The zero-order valence-corrected chi connectivity index (χ0v) is 16.1. The molecule has 10 heteroatoms. The van der Waals surface area contributed by atoms with E-state index < -0.39 is 17.8 Å². The van der Waals surface area contributed by atoms with Gasteiger partial charge in [-0.3, -0.25) is 4.79 Å². The molecule has 3 heterocycles. The Morgan fingerprint density at radius 3 is 2.77 bits per heavy atom. The molecule has 1 unspecified atom stereocenters. The fraction of sp³-hybridized carbons (Fsp3) is 0.286. The van der Waals surface area contributed by atoms with E-state index in [1.54, 1.807) is 23.1 Å². The summed E-state index contributed by atoms with van der Waals surface area (Å²) in [5, 5.41) is 3.84. The Labute approximate surface area is 174 Å². The van der Waals surface area contributed by atoms with Crippen molar-refractivity contribution in [3.8, 4) is 22.9 Å². The van der Waals surface area contributed by atoms with Crippen LogP contribution >= 0.6 is 0 Å². The summed E-state index contributed by atoms with van der Waals surface area (Å²) in [5.41, 5.74) is -0.165. The predicted molar refractivity (Wildman–Crippen MR) is 100 cm³/mol. The van der Waals surface area contributed by atoms with Crippen molar-refractivity contribution in [1.82, 2.24) is 15.0 Å². The van der Waals surface area contributed by atoms with Crippen molar-refractivity contribution < 1.29 is 32.0 Å². The maximum absolute atomic E-state index is 13.1. The zero-order chi connectivity index (χ0) is 21.6. The molecule has 2 aromatic carbocycles. The van der Waals surface area contributed by atoms with Crippen LogP contribution in [0.4, 0.5) is 13.2 Å². The minimum Gasteiger partial charge on any atom is -0.454 e. The smallest absolute Gasteiger partial charge is 0.416 e. The minimum atomic E-state index is -4.47. The van der Waals surface area contributed by atoms with Gasteiger partial charge in [0.05, 0.1) is 5.56 Å². The summed E-state index contributed by atoms with van der Waals surface area (Å²) >= 11 is 0. The average Bonchev–Trinajstić information content (AvgIpc) is 3.52. The lowest BCUT2D eigenvalue weighted by Gasteiger charge is -2.22. The van der Waals surface area contributed by atoms with Crippen LogP contribution in [0.1, 0.15) is 40.7 Å². The number of hydrogen-bond acceptors (Lipinski definition) is 6. The number of aromatic nitrogens is 2. The molecule has 31 heavy (non-hydrogen) atoms. The number of alkyl halides is 3. The first-order valence-corrected chi connectivity index (χ1v) is 9.62. The fourth-order valence-electron chi connectivity index (χ4n) is 3.78. The second-order valence-corrected chi connectivity index (χ2v) is 7.26. The highest BCUT2D eigenvalue weighted by molar-refractivity contribution is 5.95. The molecular formula is C21H16F3N3O4. The van der Waals surface area contributed by atoms with E-state index in [0.29, 0.717) is 30.0 Å². The number of carbonyl (C=O) groups is 1. The second-order valence-electron chi connectivity index (χ2n) is 7.26. The number of nitrogens with zero attached hydrogens (tertiary/aromatic N) is 3. The number of likely N-dealkylation sites (tertiary alicyclic amines) is 1. The number of fused-ring (bicyclic) bond motifs is 1. The molecule has 0 radical (unpaired) electrons. The number of hydrogen-bond donors (Lipinski definition) is 0. The SMILES string of the molecule is O=C(c1ccc2c(c1)OCO2)N1CCCC1c1nc(-c2cccc(C(F)(F)F)c2)no1. The van der Waals surface area contributed by atoms with Gasteiger partial charge >= 0.3 is 6.18 Å². The van der Waals surface area contributed by atoms with Gasteiger partial charge in [0, 0.05) is 17.7 Å². The van der Waals surface area contributed by atoms with Crippen LogP contribution in [-0.2, 0) is 6.18 Å². The molecule has 1 aromatic heterocycles. The molecule has 1 atom stereocenters. The first kappa shape index (κ1) is 19.4. The lowest BCUT2D eigenvalue weighted by Crippen LogP contribution is -2.30. The van der Waals surface area contributed by atoms with Gasteiger partial charge in [-0.05, 0) is 43.2 Å². The number of benzene rings is 2. The van der Waals surface area contributed by atoms with E-state index in [1.165, 1.54) is 12.1 Å². The van der Waals surface area contributed by atoms with Gasteiger partial charge in [0.15, 0.2) is 11.5 Å². The molecule has 2 aliphatic heterocycles. The molecule has 0 saturated carbocycles. The maximum Gasteiger partial charge on any atom is 0.416 e. The monoisotopic (exact) mass is 431 g/mol. The largest absolute Gasteiger partial charge is 0.454 e. The van der Waals surface area contributed by atoms with Gasteiger partial charge in [0.2, 0.25) is 18.5 Å². The summed E-state index contributed by atoms with van der Waals surface area (Å²) in [7, 11) is 0. The van der Waals surface area contributed by atoms with Gasteiger partial charge < -0.3 is 18.9 Å². The summed E-state index contributed by atoms with van der Waals surface area (Å²) in [6, 6.07) is 9.23. The lowest BCUT2D eigenvalue weighted by molar-refractivity contribution is -0.137. The average molecular weight is 431 g/mol. The first-order chi connectivity index (χ1) is 14.9. The minimum absolute atomic E-state index is 0.0449. The Morgan fingerprint density at radius 1 is 1.10 bits per heavy atom. The highest BCUT2D eigenvalue weighted by Gasteiger charge is 2.35. The van der Waals surface area contributed by atoms with Crippen molar-refractivity contribution >= 4 is 5.91 Å². The third kappa shape index (κ3) is 3.58. The van der Waals surface area contributed by atoms with Crippen LogP contribution in [0.3, 0.4) is 0 Å². The molecule has 0 spiro atoms. The van der Waals surface area contributed by atoms with Crippen LogP contribution in [0.2, 0.25) is 0 Å². The highest BCUT2D eigenvalue weighted by Crippen LogP contribution is 2.37. The van der Waals surface area contributed by atoms with E-state index in [0.717, 1.165) is 18.6 Å². The second kappa shape index (κ2) is 7.29. The van der Waals surface area contributed by atoms with E-state index in [9.17, 15) is 18.0 Å². The number of rotatable bonds is 3. The molecular weight excluding hydrogens is 415 g/mol. The van der Waals surface area contributed by atoms with Crippen LogP contribution in [0.5, 0.6) is 11.5 Å². The van der Waals surface area contributed by atoms with E-state index in [-0.39, 0.29) is 30.0 Å². The van der Waals surface area contributed by atoms with E-state index >= 15 is 0 Å². The van der Waals surface area contributed by atoms with Crippen LogP contribution < -0.4 is 9.47 Å². The summed E-state index contributed by atoms with van der Waals surface area (Å²) < 4.78 is 54.9. The standard InChI is InChI=1S/C21H16F3N3O4/c22-21(23,24)14-4-1-3-12(9-14)18-25-19(31-26-18)15-5-2-8-27(15)20(28)13-6-7-16-17(10-13)30-11-29-16/h1,3-4,6-7,9-10,15H,2,5,8,11H2. The van der Waals surface area contributed by atoms with Crippen LogP contribution in [-0.4, -0.2) is 34.3 Å². The van der Waals surface area contributed by atoms with Crippen molar-refractivity contribution in [3.05, 3.63) is 59.5 Å². The Kier molecular flexibility index (Phi) is 4.57. The van der Waals surface area contributed by atoms with Crippen molar-refractivity contribution in [2.24, 2.45) is 0 Å². The van der Waals surface area contributed by atoms with Crippen molar-refractivity contribution in [3.63, 3.8) is 0 Å². The predicted octanol–water partition coefficient (Wildman–Crippen LogP) is 4.46. The summed E-state index contributed by atoms with van der Waals surface area (Å²) in [4.78, 5) is 19.0. The lowest BCUT2D eigenvalue weighted by atomic mass is 10.1. The number of halogens is 3. The number of amides is 1. The Balaban J connectivity index is 1.39. The van der Waals surface area contributed by atoms with Gasteiger partial charge in [-0.25, -0.2) is 0 Å². The Morgan fingerprint density at radius 2 is 1.94 bits per heavy atom. The Hall–Kier alpha value is -3.56. The summed E-state index contributed by atoms with van der Waals surface area (Å²) in [5.74, 6) is 1.10. The molecule has 7 nitrogen and oxygen atoms in total. The summed E-state index contributed by atoms with van der Waals surface area (Å²) in [6.45, 7) is 0.610. The molecule has 2 aliphatic rings. The Bertz CT molecular complexity index is 1140. The van der Waals surface area contributed by atoms with Crippen LogP contribution in [0, 0.1) is 0 Å². The topological polar surface area (TPSA) is 77.7 Å². The molecule has 3 aromatic rings. The number of ether oxygens (including phenoxy) is 2. The van der Waals surface area contributed by atoms with Crippen LogP contribution in [0.15, 0.2) is 47.0 Å². The van der Waals surface area contributed by atoms with Crippen molar-refractivity contribution in [2.75, 3.05) is 13.3 Å². The van der Waals surface area contributed by atoms with Crippen molar-refractivity contribution in [1.29, 1.82) is 0 Å². The first-order valence-electron chi connectivity index (χ1n) is 9.62. The van der Waals surface area contributed by atoms with E-state index in [2.05, 4.69) is 10.1 Å². The van der Waals surface area contributed by atoms with E-state index in [1.807, 2.05) is 0 Å². The van der Waals surface area contributed by atoms with Crippen molar-refractivity contribution in [2.45, 2.75) is 25.1 Å². The molecule has 0 N–H and O–H groups in total. The van der Waals surface area contributed by atoms with Gasteiger partial charge in [-0.1, -0.05) is 17.3 Å². The maximum atomic E-state index is 13.1. The third-order valence-corrected chi connectivity index (χ3v) is 5.31. The molecule has 1 saturated heterocycles. The van der Waals surface area contributed by atoms with E-state index in [4.69, 9.17) is 14.0 Å². The molecule has 0 aliphatic carbocycles. The molecule has 1 amide bonds. The molecule has 0 bridgehead atoms. The molecule has 5 rings (SSSR count). The quantitative estimate of drug-likeness (QED) is 0.609. The van der Waals surface area contributed by atoms with Gasteiger partial charge in [0.25, 0.3) is 5.91 Å². The van der Waals surface area contributed by atoms with Crippen LogP contribution in [0.25, 0.3) is 11.4 Å². The molecule has 160 valence electrons. The van der Waals surface area contributed by atoms with Gasteiger partial charge in [0.1, 0.15) is 6.04 Å². The number of carbonyl (C=O) groups excluding carboxylic acids is 1. The molecule has 1 fully saturated rings. The normalized spacial score (nSPS) is 17.9.